The van der Waals surface area contributed by atoms with E-state index in [1.807, 2.05) is 6.92 Å². The average molecular weight is 287 g/mol. The minimum atomic E-state index is -0.540. The number of hydrogen-bond acceptors (Lipinski definition) is 3. The molecule has 0 spiro atoms. The van der Waals surface area contributed by atoms with E-state index < -0.39 is 5.54 Å². The van der Waals surface area contributed by atoms with Crippen LogP contribution in [0.4, 0.5) is 0 Å². The number of benzene rings is 1. The second-order valence-electron chi connectivity index (χ2n) is 6.40. The fraction of sp³-hybridized carbons (Fsp3) is 0.611. The van der Waals surface area contributed by atoms with Gasteiger partial charge in [-0.15, -0.1) is 0 Å². The fourth-order valence-corrected chi connectivity index (χ4v) is 3.83. The molecule has 0 unspecified atom stereocenters. The third-order valence-electron chi connectivity index (χ3n) is 4.85. The highest BCUT2D eigenvalue weighted by Crippen LogP contribution is 2.33. The van der Waals surface area contributed by atoms with Crippen LogP contribution >= 0.6 is 0 Å². The molecule has 0 aromatic heterocycles. The van der Waals surface area contributed by atoms with E-state index in [-0.39, 0.29) is 5.97 Å². The van der Waals surface area contributed by atoms with Crippen LogP contribution in [0.15, 0.2) is 24.3 Å². The molecule has 0 heterocycles. The van der Waals surface area contributed by atoms with E-state index in [2.05, 4.69) is 29.6 Å². The van der Waals surface area contributed by atoms with Crippen LogP contribution in [0.3, 0.4) is 0 Å². The molecule has 2 aliphatic carbocycles. The first-order valence-electron chi connectivity index (χ1n) is 8.25. The van der Waals surface area contributed by atoms with Crippen molar-refractivity contribution in [1.29, 1.82) is 0 Å². The lowest BCUT2D eigenvalue weighted by Gasteiger charge is -2.34. The van der Waals surface area contributed by atoms with E-state index in [0.29, 0.717) is 12.6 Å². The van der Waals surface area contributed by atoms with Gasteiger partial charge in [0.15, 0.2) is 0 Å². The van der Waals surface area contributed by atoms with Gasteiger partial charge < -0.3 is 4.74 Å². The Morgan fingerprint density at radius 1 is 1.19 bits per heavy atom. The molecule has 0 bridgehead atoms. The maximum absolute atomic E-state index is 12.6. The predicted octanol–water partition coefficient (Wildman–Crippen LogP) is 3.01. The SMILES string of the molecule is CCOC(=O)C1(NC2CCCCC2)Cc2ccccc2C1. The first-order chi connectivity index (χ1) is 10.2. The zero-order chi connectivity index (χ0) is 14.7. The molecule has 3 nitrogen and oxygen atoms in total. The number of carbonyl (C=O) groups is 1. The average Bonchev–Trinajstić information content (AvgIpc) is 2.88. The number of nitrogens with one attached hydrogen (secondary N) is 1. The molecule has 1 fully saturated rings. The van der Waals surface area contributed by atoms with Crippen molar-refractivity contribution in [3.63, 3.8) is 0 Å². The van der Waals surface area contributed by atoms with Crippen LogP contribution in [-0.2, 0) is 22.4 Å². The van der Waals surface area contributed by atoms with Crippen molar-refractivity contribution in [1.82, 2.24) is 5.32 Å². The molecule has 21 heavy (non-hydrogen) atoms. The molecular weight excluding hydrogens is 262 g/mol. The van der Waals surface area contributed by atoms with Crippen molar-refractivity contribution in [2.45, 2.75) is 63.5 Å². The standard InChI is InChI=1S/C18H25NO2/c1-2-21-17(20)18(19-16-10-4-3-5-11-16)12-14-8-6-7-9-15(14)13-18/h6-9,16,19H,2-5,10-13H2,1H3. The van der Waals surface area contributed by atoms with Crippen molar-refractivity contribution in [3.05, 3.63) is 35.4 Å². The van der Waals surface area contributed by atoms with Crippen LogP contribution in [0.2, 0.25) is 0 Å². The molecule has 2 aliphatic rings. The van der Waals surface area contributed by atoms with Gasteiger partial charge in [-0.05, 0) is 30.9 Å². The summed E-state index contributed by atoms with van der Waals surface area (Å²) >= 11 is 0. The molecule has 0 atom stereocenters. The van der Waals surface area contributed by atoms with Gasteiger partial charge in [-0.1, -0.05) is 43.5 Å². The second-order valence-corrected chi connectivity index (χ2v) is 6.40. The first kappa shape index (κ1) is 14.6. The lowest BCUT2D eigenvalue weighted by atomic mass is 9.89. The maximum atomic E-state index is 12.6. The van der Waals surface area contributed by atoms with Gasteiger partial charge in [0.2, 0.25) is 0 Å². The highest BCUT2D eigenvalue weighted by atomic mass is 16.5. The Morgan fingerprint density at radius 3 is 2.38 bits per heavy atom. The Balaban J connectivity index is 1.81. The lowest BCUT2D eigenvalue weighted by Crippen LogP contribution is -2.58. The molecule has 3 heteroatoms. The van der Waals surface area contributed by atoms with Gasteiger partial charge in [-0.25, -0.2) is 0 Å². The molecule has 1 aromatic carbocycles. The van der Waals surface area contributed by atoms with Crippen molar-refractivity contribution in [2.24, 2.45) is 0 Å². The van der Waals surface area contributed by atoms with Crippen molar-refractivity contribution in [3.8, 4) is 0 Å². The first-order valence-corrected chi connectivity index (χ1v) is 8.25. The van der Waals surface area contributed by atoms with Crippen LogP contribution in [0.1, 0.15) is 50.2 Å². The summed E-state index contributed by atoms with van der Waals surface area (Å²) < 4.78 is 5.40. The number of fused-ring (bicyclic) bond motifs is 1. The molecule has 1 N–H and O–H groups in total. The monoisotopic (exact) mass is 287 g/mol. The normalized spacial score (nSPS) is 21.0. The van der Waals surface area contributed by atoms with E-state index >= 15 is 0 Å². The second kappa shape index (κ2) is 6.18. The van der Waals surface area contributed by atoms with Crippen LogP contribution in [0, 0.1) is 0 Å². The predicted molar refractivity (Wildman–Crippen MR) is 83.2 cm³/mol. The number of carbonyl (C=O) groups excluding carboxylic acids is 1. The van der Waals surface area contributed by atoms with Crippen molar-refractivity contribution in [2.75, 3.05) is 6.61 Å². The quantitative estimate of drug-likeness (QED) is 0.865. The number of rotatable bonds is 4. The summed E-state index contributed by atoms with van der Waals surface area (Å²) in [5.74, 6) is -0.0771. The van der Waals surface area contributed by atoms with Crippen LogP contribution in [-0.4, -0.2) is 24.2 Å². The Bertz CT molecular complexity index is 481. The van der Waals surface area contributed by atoms with E-state index in [4.69, 9.17) is 4.74 Å². The van der Waals surface area contributed by atoms with E-state index in [0.717, 1.165) is 12.8 Å². The largest absolute Gasteiger partial charge is 0.465 e. The minimum absolute atomic E-state index is 0.0771. The molecule has 1 saturated carbocycles. The minimum Gasteiger partial charge on any atom is -0.465 e. The highest BCUT2D eigenvalue weighted by Gasteiger charge is 2.46. The number of esters is 1. The van der Waals surface area contributed by atoms with Crippen molar-refractivity contribution >= 4 is 5.97 Å². The smallest absolute Gasteiger partial charge is 0.327 e. The summed E-state index contributed by atoms with van der Waals surface area (Å²) in [6.45, 7) is 2.33. The zero-order valence-electron chi connectivity index (χ0n) is 12.9. The lowest BCUT2D eigenvalue weighted by molar-refractivity contribution is -0.151. The molecule has 0 amide bonds. The Hall–Kier alpha value is -1.35. The zero-order valence-corrected chi connectivity index (χ0v) is 12.9. The van der Waals surface area contributed by atoms with Gasteiger partial charge in [0.1, 0.15) is 5.54 Å². The fourth-order valence-electron chi connectivity index (χ4n) is 3.83. The van der Waals surface area contributed by atoms with E-state index in [1.54, 1.807) is 0 Å². The maximum Gasteiger partial charge on any atom is 0.327 e. The number of hydrogen-bond donors (Lipinski definition) is 1. The highest BCUT2D eigenvalue weighted by molar-refractivity contribution is 5.83. The van der Waals surface area contributed by atoms with Crippen LogP contribution in [0.25, 0.3) is 0 Å². The van der Waals surface area contributed by atoms with Gasteiger partial charge in [-0.3, -0.25) is 10.1 Å². The summed E-state index contributed by atoms with van der Waals surface area (Å²) in [6.07, 6.45) is 7.74. The summed E-state index contributed by atoms with van der Waals surface area (Å²) in [4.78, 5) is 12.6. The van der Waals surface area contributed by atoms with Gasteiger partial charge >= 0.3 is 5.97 Å². The molecule has 0 radical (unpaired) electrons. The molecule has 0 aliphatic heterocycles. The third kappa shape index (κ3) is 2.98. The van der Waals surface area contributed by atoms with Crippen molar-refractivity contribution < 1.29 is 9.53 Å². The molecular formula is C18H25NO2. The van der Waals surface area contributed by atoms with Gasteiger partial charge in [-0.2, -0.15) is 0 Å². The molecule has 114 valence electrons. The summed E-state index contributed by atoms with van der Waals surface area (Å²) in [5.41, 5.74) is 2.03. The van der Waals surface area contributed by atoms with Gasteiger partial charge in [0.25, 0.3) is 0 Å². The van der Waals surface area contributed by atoms with Gasteiger partial charge in [0.05, 0.1) is 6.61 Å². The summed E-state index contributed by atoms with van der Waals surface area (Å²) in [6, 6.07) is 8.84. The summed E-state index contributed by atoms with van der Waals surface area (Å²) in [7, 11) is 0. The van der Waals surface area contributed by atoms with Gasteiger partial charge in [0, 0.05) is 18.9 Å². The Kier molecular flexibility index (Phi) is 4.29. The molecule has 1 aromatic rings. The number of ether oxygens (including phenoxy) is 1. The van der Waals surface area contributed by atoms with Crippen LogP contribution in [0.5, 0.6) is 0 Å². The summed E-state index contributed by atoms with van der Waals surface area (Å²) in [5, 5.41) is 3.69. The Morgan fingerprint density at radius 2 is 1.81 bits per heavy atom. The van der Waals surface area contributed by atoms with E-state index in [1.165, 1.54) is 43.2 Å². The van der Waals surface area contributed by atoms with E-state index in [9.17, 15) is 4.79 Å². The Labute approximate surface area is 127 Å². The molecule has 3 rings (SSSR count). The van der Waals surface area contributed by atoms with Crippen LogP contribution < -0.4 is 5.32 Å². The third-order valence-corrected chi connectivity index (χ3v) is 4.85. The topological polar surface area (TPSA) is 38.3 Å². The molecule has 0 saturated heterocycles.